The summed E-state index contributed by atoms with van der Waals surface area (Å²) in [6.45, 7) is 3.96. The molecule has 0 saturated carbocycles. The van der Waals surface area contributed by atoms with Gasteiger partial charge in [0.1, 0.15) is 6.10 Å². The monoisotopic (exact) mass is 342 g/mol. The zero-order valence-corrected chi connectivity index (χ0v) is 11.6. The summed E-state index contributed by atoms with van der Waals surface area (Å²) in [4.78, 5) is 14.4. The van der Waals surface area contributed by atoms with Crippen molar-refractivity contribution >= 4 is 37.8 Å². The quantitative estimate of drug-likeness (QED) is 0.341. The molecule has 0 N–H and O–H groups in total. The molecule has 1 rings (SSSR count). The molecule has 86 valence electrons. The van der Waals surface area contributed by atoms with Crippen molar-refractivity contribution in [3.63, 3.8) is 0 Å². The first-order valence-corrected chi connectivity index (χ1v) is 6.29. The molecule has 0 bridgehead atoms. The molecule has 0 amide bonds. The summed E-state index contributed by atoms with van der Waals surface area (Å²) >= 11 is 5.90. The van der Waals surface area contributed by atoms with Crippen molar-refractivity contribution in [2.24, 2.45) is 4.99 Å². The third-order valence-corrected chi connectivity index (χ3v) is 3.54. The minimum Gasteiger partial charge on any atom is -0.469 e. The molecule has 2 atom stereocenters. The van der Waals surface area contributed by atoms with E-state index in [1.54, 1.807) is 0 Å². The minimum absolute atomic E-state index is 0.0134. The van der Waals surface area contributed by atoms with Crippen molar-refractivity contribution < 1.29 is 9.66 Å². The Kier molecular flexibility index (Phi) is 4.11. The Morgan fingerprint density at radius 2 is 2.13 bits per heavy atom. The maximum Gasteiger partial charge on any atom is 0.400 e. The van der Waals surface area contributed by atoms with Gasteiger partial charge in [-0.2, -0.15) is 0 Å². The van der Waals surface area contributed by atoms with Crippen LogP contribution in [0.1, 0.15) is 26.7 Å². The Balaban J connectivity index is 2.86. The predicted octanol–water partition coefficient (Wildman–Crippen LogP) is 2.69. The first-order valence-electron chi connectivity index (χ1n) is 4.70. The van der Waals surface area contributed by atoms with Crippen LogP contribution in [-0.4, -0.2) is 26.3 Å². The molecular weight excluding hydrogens is 332 g/mol. The van der Waals surface area contributed by atoms with Crippen LogP contribution in [0.5, 0.6) is 0 Å². The fraction of sp³-hybridized carbons (Fsp3) is 0.875. The number of hydrogen-bond donors (Lipinski definition) is 0. The molecule has 1 aliphatic rings. The molecule has 0 spiro atoms. The average molecular weight is 344 g/mol. The van der Waals surface area contributed by atoms with Gasteiger partial charge in [0.05, 0.1) is 11.0 Å². The van der Waals surface area contributed by atoms with Crippen LogP contribution in [0.2, 0.25) is 0 Å². The van der Waals surface area contributed by atoms with Crippen LogP contribution in [0.25, 0.3) is 0 Å². The second-order valence-corrected chi connectivity index (χ2v) is 6.63. The van der Waals surface area contributed by atoms with Gasteiger partial charge in [-0.15, -0.1) is 0 Å². The van der Waals surface area contributed by atoms with Gasteiger partial charge in [0, 0.05) is 31.9 Å². The van der Waals surface area contributed by atoms with Crippen molar-refractivity contribution in [1.82, 2.24) is 0 Å². The smallest absolute Gasteiger partial charge is 0.400 e. The van der Waals surface area contributed by atoms with E-state index in [0.717, 1.165) is 12.8 Å². The molecule has 0 fully saturated rings. The number of alkyl halides is 2. The van der Waals surface area contributed by atoms with E-state index in [0.29, 0.717) is 0 Å². The maximum atomic E-state index is 10.7. The van der Waals surface area contributed by atoms with E-state index in [1.807, 2.05) is 13.8 Å². The number of rotatable bonds is 4. The third kappa shape index (κ3) is 2.50. The Hall–Kier alpha value is -0.170. The van der Waals surface area contributed by atoms with Crippen molar-refractivity contribution in [2.75, 3.05) is 0 Å². The number of nitro groups is 1. The SMILES string of the molecule is CCC1N=C(C(Br)(Br)[N+](=O)[O-])OC1CC. The summed E-state index contributed by atoms with van der Waals surface area (Å²) in [6, 6.07) is 0.0134. The van der Waals surface area contributed by atoms with Crippen molar-refractivity contribution in [2.45, 2.75) is 42.2 Å². The molecule has 15 heavy (non-hydrogen) atoms. The summed E-state index contributed by atoms with van der Waals surface area (Å²) in [5.74, 6) is 0.103. The zero-order chi connectivity index (χ0) is 11.6. The standard InChI is InChI=1S/C8H12Br2N2O3/c1-3-5-6(4-2)15-7(11-5)8(9,10)12(13)14/h5-6H,3-4H2,1-2H3. The van der Waals surface area contributed by atoms with E-state index in [9.17, 15) is 10.1 Å². The first-order chi connectivity index (χ1) is 6.93. The fourth-order valence-electron chi connectivity index (χ4n) is 1.42. The second kappa shape index (κ2) is 4.78. The van der Waals surface area contributed by atoms with Gasteiger partial charge in [0.15, 0.2) is 0 Å². The normalized spacial score (nSPS) is 26.0. The molecule has 0 aromatic rings. The highest BCUT2D eigenvalue weighted by molar-refractivity contribution is 9.25. The molecule has 0 aliphatic carbocycles. The fourth-order valence-corrected chi connectivity index (χ4v) is 1.81. The maximum absolute atomic E-state index is 10.7. The molecule has 0 aromatic carbocycles. The molecular formula is C8H12Br2N2O3. The zero-order valence-electron chi connectivity index (χ0n) is 8.44. The first kappa shape index (κ1) is 12.9. The van der Waals surface area contributed by atoms with Gasteiger partial charge >= 0.3 is 3.36 Å². The van der Waals surface area contributed by atoms with Crippen LogP contribution in [0.15, 0.2) is 4.99 Å². The summed E-state index contributed by atoms with van der Waals surface area (Å²) in [6.07, 6.45) is 1.55. The van der Waals surface area contributed by atoms with Gasteiger partial charge in [-0.05, 0) is 12.8 Å². The number of ether oxygens (including phenoxy) is 1. The van der Waals surface area contributed by atoms with Gasteiger partial charge < -0.3 is 4.74 Å². The van der Waals surface area contributed by atoms with E-state index in [2.05, 4.69) is 36.9 Å². The van der Waals surface area contributed by atoms with Crippen LogP contribution >= 0.6 is 31.9 Å². The number of halogens is 2. The highest BCUT2D eigenvalue weighted by atomic mass is 79.9. The van der Waals surface area contributed by atoms with Crippen LogP contribution < -0.4 is 0 Å². The summed E-state index contributed by atoms with van der Waals surface area (Å²) < 4.78 is 3.87. The second-order valence-electron chi connectivity index (χ2n) is 3.27. The molecule has 7 heteroatoms. The largest absolute Gasteiger partial charge is 0.469 e. The van der Waals surface area contributed by atoms with E-state index in [1.165, 1.54) is 0 Å². The van der Waals surface area contributed by atoms with Crippen molar-refractivity contribution in [3.8, 4) is 0 Å². The third-order valence-electron chi connectivity index (χ3n) is 2.28. The molecule has 0 aromatic heterocycles. The Labute approximate surface area is 105 Å². The van der Waals surface area contributed by atoms with E-state index < -0.39 is 8.28 Å². The van der Waals surface area contributed by atoms with Gasteiger partial charge in [-0.1, -0.05) is 13.8 Å². The number of hydrogen-bond acceptors (Lipinski definition) is 4. The van der Waals surface area contributed by atoms with Gasteiger partial charge in [-0.25, -0.2) is 4.99 Å². The van der Waals surface area contributed by atoms with Crippen LogP contribution in [0.3, 0.4) is 0 Å². The summed E-state index contributed by atoms with van der Waals surface area (Å²) in [7, 11) is 0. The minimum atomic E-state index is -1.59. The molecule has 1 heterocycles. The topological polar surface area (TPSA) is 64.7 Å². The molecule has 0 saturated heterocycles. The van der Waals surface area contributed by atoms with Crippen LogP contribution in [-0.2, 0) is 4.74 Å². The molecule has 5 nitrogen and oxygen atoms in total. The summed E-state index contributed by atoms with van der Waals surface area (Å²) in [5.41, 5.74) is 0. The average Bonchev–Trinajstić information content (AvgIpc) is 2.60. The summed E-state index contributed by atoms with van der Waals surface area (Å²) in [5, 5.41) is 10.7. The molecule has 1 aliphatic heterocycles. The molecule has 2 unspecified atom stereocenters. The van der Waals surface area contributed by atoms with E-state index >= 15 is 0 Å². The van der Waals surface area contributed by atoms with E-state index in [4.69, 9.17) is 4.74 Å². The lowest BCUT2D eigenvalue weighted by Crippen LogP contribution is -2.35. The Morgan fingerprint density at radius 3 is 2.47 bits per heavy atom. The van der Waals surface area contributed by atoms with Crippen molar-refractivity contribution in [3.05, 3.63) is 10.1 Å². The lowest BCUT2D eigenvalue weighted by Gasteiger charge is -2.15. The van der Waals surface area contributed by atoms with Crippen LogP contribution in [0.4, 0.5) is 0 Å². The lowest BCUT2D eigenvalue weighted by atomic mass is 10.1. The Morgan fingerprint density at radius 1 is 1.53 bits per heavy atom. The van der Waals surface area contributed by atoms with E-state index in [-0.39, 0.29) is 18.0 Å². The number of nitrogens with zero attached hydrogens (tertiary/aromatic N) is 2. The van der Waals surface area contributed by atoms with Crippen LogP contribution in [0, 0.1) is 10.1 Å². The highest BCUT2D eigenvalue weighted by Crippen LogP contribution is 2.34. The van der Waals surface area contributed by atoms with Gasteiger partial charge in [0.25, 0.3) is 5.90 Å². The van der Waals surface area contributed by atoms with Gasteiger partial charge in [0.2, 0.25) is 0 Å². The molecule has 0 radical (unpaired) electrons. The lowest BCUT2D eigenvalue weighted by molar-refractivity contribution is -0.487. The highest BCUT2D eigenvalue weighted by Gasteiger charge is 2.49. The Bertz CT molecular complexity index is 294. The van der Waals surface area contributed by atoms with Crippen molar-refractivity contribution in [1.29, 1.82) is 0 Å². The van der Waals surface area contributed by atoms with Gasteiger partial charge in [-0.3, -0.25) is 10.1 Å². The predicted molar refractivity (Wildman–Crippen MR) is 64.3 cm³/mol. The number of aliphatic imine (C=N–C) groups is 1.